The topological polar surface area (TPSA) is 15.3 Å². The minimum absolute atomic E-state index is 0.761. The van der Waals surface area contributed by atoms with Gasteiger partial charge in [0, 0.05) is 25.2 Å². The fourth-order valence-corrected chi connectivity index (χ4v) is 4.55. The van der Waals surface area contributed by atoms with Gasteiger partial charge in [-0.05, 0) is 56.4 Å². The predicted molar refractivity (Wildman–Crippen MR) is 81.3 cm³/mol. The van der Waals surface area contributed by atoms with Crippen molar-refractivity contribution in [1.82, 2.24) is 10.2 Å². The van der Waals surface area contributed by atoms with Crippen molar-refractivity contribution in [3.8, 4) is 0 Å². The van der Waals surface area contributed by atoms with Gasteiger partial charge in [0.2, 0.25) is 0 Å². The Morgan fingerprint density at radius 3 is 2.42 bits per heavy atom. The highest BCUT2D eigenvalue weighted by molar-refractivity contribution is 4.92. The Labute approximate surface area is 119 Å². The maximum atomic E-state index is 3.90. The lowest BCUT2D eigenvalue weighted by molar-refractivity contribution is 0.0258. The number of likely N-dealkylation sites (tertiary alicyclic amines) is 1. The van der Waals surface area contributed by atoms with Crippen molar-refractivity contribution in [3.63, 3.8) is 0 Å². The molecule has 3 rings (SSSR count). The first kappa shape index (κ1) is 13.9. The SMILES string of the molecule is CC1CC(NCC2CCCC2)CN(C2CCC2C)C1. The zero-order chi connectivity index (χ0) is 13.2. The third kappa shape index (κ3) is 3.33. The molecule has 2 heteroatoms. The molecule has 0 radical (unpaired) electrons. The van der Waals surface area contributed by atoms with Gasteiger partial charge < -0.3 is 5.32 Å². The molecule has 3 fully saturated rings. The van der Waals surface area contributed by atoms with Crippen molar-refractivity contribution >= 4 is 0 Å². The quantitative estimate of drug-likeness (QED) is 0.838. The van der Waals surface area contributed by atoms with Crippen molar-refractivity contribution in [3.05, 3.63) is 0 Å². The molecule has 1 saturated heterocycles. The molecule has 2 nitrogen and oxygen atoms in total. The van der Waals surface area contributed by atoms with Crippen LogP contribution in [0.5, 0.6) is 0 Å². The van der Waals surface area contributed by atoms with E-state index in [1.54, 1.807) is 0 Å². The molecule has 4 unspecified atom stereocenters. The molecule has 2 aliphatic carbocycles. The molecule has 0 aromatic heterocycles. The number of hydrogen-bond donors (Lipinski definition) is 1. The summed E-state index contributed by atoms with van der Waals surface area (Å²) in [7, 11) is 0. The van der Waals surface area contributed by atoms with Crippen LogP contribution in [0.1, 0.15) is 58.8 Å². The normalized spacial score (nSPS) is 41.4. The zero-order valence-electron chi connectivity index (χ0n) is 12.9. The number of nitrogens with zero attached hydrogens (tertiary/aromatic N) is 1. The summed E-state index contributed by atoms with van der Waals surface area (Å²) in [6, 6.07) is 1.66. The first-order chi connectivity index (χ1) is 9.22. The van der Waals surface area contributed by atoms with Crippen LogP contribution in [0.15, 0.2) is 0 Å². The maximum Gasteiger partial charge on any atom is 0.0198 e. The predicted octanol–water partition coefficient (Wildman–Crippen LogP) is 3.28. The smallest absolute Gasteiger partial charge is 0.0198 e. The van der Waals surface area contributed by atoms with E-state index in [2.05, 4.69) is 24.1 Å². The average Bonchev–Trinajstić information content (AvgIpc) is 2.87. The van der Waals surface area contributed by atoms with Crippen LogP contribution < -0.4 is 5.32 Å². The summed E-state index contributed by atoms with van der Waals surface area (Å²) >= 11 is 0. The number of rotatable bonds is 4. The lowest BCUT2D eigenvalue weighted by atomic mass is 9.78. The average molecular weight is 264 g/mol. The van der Waals surface area contributed by atoms with Gasteiger partial charge in [-0.1, -0.05) is 26.7 Å². The third-order valence-electron chi connectivity index (χ3n) is 5.90. The second-order valence-corrected chi connectivity index (χ2v) is 7.67. The fourth-order valence-electron chi connectivity index (χ4n) is 4.55. The van der Waals surface area contributed by atoms with Crippen molar-refractivity contribution in [1.29, 1.82) is 0 Å². The van der Waals surface area contributed by atoms with Crippen LogP contribution in [0, 0.1) is 17.8 Å². The molecule has 2 saturated carbocycles. The van der Waals surface area contributed by atoms with Crippen molar-refractivity contribution < 1.29 is 0 Å². The van der Waals surface area contributed by atoms with Crippen LogP contribution in [0.25, 0.3) is 0 Å². The van der Waals surface area contributed by atoms with E-state index in [0.717, 1.165) is 29.8 Å². The Morgan fingerprint density at radius 1 is 1.00 bits per heavy atom. The Kier molecular flexibility index (Phi) is 4.48. The monoisotopic (exact) mass is 264 g/mol. The van der Waals surface area contributed by atoms with Crippen LogP contribution in [0.2, 0.25) is 0 Å². The van der Waals surface area contributed by atoms with E-state index in [0.29, 0.717) is 0 Å². The van der Waals surface area contributed by atoms with E-state index in [4.69, 9.17) is 0 Å². The highest BCUT2D eigenvalue weighted by Gasteiger charge is 2.36. The summed E-state index contributed by atoms with van der Waals surface area (Å²) in [6.45, 7) is 8.82. The zero-order valence-corrected chi connectivity index (χ0v) is 12.9. The molecule has 0 aromatic rings. The van der Waals surface area contributed by atoms with Crippen molar-refractivity contribution in [2.75, 3.05) is 19.6 Å². The van der Waals surface area contributed by atoms with E-state index < -0.39 is 0 Å². The highest BCUT2D eigenvalue weighted by Crippen LogP contribution is 2.34. The minimum Gasteiger partial charge on any atom is -0.312 e. The summed E-state index contributed by atoms with van der Waals surface area (Å²) in [6.07, 6.45) is 10.2. The highest BCUT2D eigenvalue weighted by atomic mass is 15.2. The van der Waals surface area contributed by atoms with E-state index in [-0.39, 0.29) is 0 Å². The molecule has 110 valence electrons. The second-order valence-electron chi connectivity index (χ2n) is 7.67. The molecule has 0 bridgehead atoms. The molecule has 0 spiro atoms. The molecule has 4 atom stereocenters. The van der Waals surface area contributed by atoms with Crippen LogP contribution in [0.4, 0.5) is 0 Å². The van der Waals surface area contributed by atoms with Gasteiger partial charge >= 0.3 is 0 Å². The number of hydrogen-bond acceptors (Lipinski definition) is 2. The lowest BCUT2D eigenvalue weighted by Gasteiger charge is -2.48. The van der Waals surface area contributed by atoms with Gasteiger partial charge in [-0.15, -0.1) is 0 Å². The third-order valence-corrected chi connectivity index (χ3v) is 5.90. The number of piperidine rings is 1. The molecule has 1 N–H and O–H groups in total. The number of nitrogens with one attached hydrogen (secondary N) is 1. The molecule has 19 heavy (non-hydrogen) atoms. The maximum absolute atomic E-state index is 3.90. The summed E-state index contributed by atoms with van der Waals surface area (Å²) in [5.74, 6) is 2.80. The second kappa shape index (κ2) is 6.13. The summed E-state index contributed by atoms with van der Waals surface area (Å²) in [5.41, 5.74) is 0. The van der Waals surface area contributed by atoms with Gasteiger partial charge in [-0.2, -0.15) is 0 Å². The van der Waals surface area contributed by atoms with E-state index in [9.17, 15) is 0 Å². The Bertz CT molecular complexity index is 285. The summed E-state index contributed by atoms with van der Waals surface area (Å²) in [5, 5.41) is 3.90. The van der Waals surface area contributed by atoms with Crippen LogP contribution in [-0.4, -0.2) is 36.6 Å². The Balaban J connectivity index is 1.47. The van der Waals surface area contributed by atoms with Gasteiger partial charge in [0.25, 0.3) is 0 Å². The summed E-state index contributed by atoms with van der Waals surface area (Å²) in [4.78, 5) is 2.80. The molecular formula is C17H32N2. The van der Waals surface area contributed by atoms with Crippen LogP contribution in [0.3, 0.4) is 0 Å². The van der Waals surface area contributed by atoms with Gasteiger partial charge in [0.05, 0.1) is 0 Å². The first-order valence-corrected chi connectivity index (χ1v) is 8.70. The Morgan fingerprint density at radius 2 is 1.79 bits per heavy atom. The standard InChI is InChI=1S/C17H32N2/c1-13-9-16(18-10-15-5-3-4-6-15)12-19(11-13)17-8-7-14(17)2/h13-18H,3-12H2,1-2H3. The fraction of sp³-hybridized carbons (Fsp3) is 1.00. The van der Waals surface area contributed by atoms with Gasteiger partial charge in [0.15, 0.2) is 0 Å². The molecule has 0 aromatic carbocycles. The minimum atomic E-state index is 0.761. The lowest BCUT2D eigenvalue weighted by Crippen LogP contribution is -2.56. The van der Waals surface area contributed by atoms with Crippen LogP contribution in [-0.2, 0) is 0 Å². The van der Waals surface area contributed by atoms with E-state index in [1.165, 1.54) is 64.6 Å². The Hall–Kier alpha value is -0.0800. The van der Waals surface area contributed by atoms with Crippen molar-refractivity contribution in [2.45, 2.75) is 70.9 Å². The van der Waals surface area contributed by atoms with Gasteiger partial charge in [-0.3, -0.25) is 4.90 Å². The first-order valence-electron chi connectivity index (χ1n) is 8.70. The molecular weight excluding hydrogens is 232 g/mol. The largest absolute Gasteiger partial charge is 0.312 e. The van der Waals surface area contributed by atoms with Crippen molar-refractivity contribution in [2.24, 2.45) is 17.8 Å². The molecule has 0 amide bonds. The molecule has 1 heterocycles. The van der Waals surface area contributed by atoms with Crippen LogP contribution >= 0.6 is 0 Å². The molecule has 3 aliphatic rings. The molecule has 1 aliphatic heterocycles. The van der Waals surface area contributed by atoms with E-state index in [1.807, 2.05) is 0 Å². The van der Waals surface area contributed by atoms with Gasteiger partial charge in [0.1, 0.15) is 0 Å². The summed E-state index contributed by atoms with van der Waals surface area (Å²) < 4.78 is 0. The van der Waals surface area contributed by atoms with Gasteiger partial charge in [-0.25, -0.2) is 0 Å². The van der Waals surface area contributed by atoms with E-state index >= 15 is 0 Å².